The number of hydrogen-bond donors (Lipinski definition) is 2. The fourth-order valence-electron chi connectivity index (χ4n) is 1.48. The number of nitrogens with zero attached hydrogens (tertiary/aromatic N) is 2. The van der Waals surface area contributed by atoms with Crippen molar-refractivity contribution in [1.82, 2.24) is 9.97 Å². The lowest BCUT2D eigenvalue weighted by Crippen LogP contribution is -2.13. The highest BCUT2D eigenvalue weighted by molar-refractivity contribution is 7.09. The molecule has 0 radical (unpaired) electrons. The van der Waals surface area contributed by atoms with Crippen molar-refractivity contribution < 1.29 is 4.74 Å². The second kappa shape index (κ2) is 5.59. The smallest absolute Gasteiger partial charge is 0.141 e. The van der Waals surface area contributed by atoms with Gasteiger partial charge in [-0.2, -0.15) is 0 Å². The molecule has 0 spiro atoms. The molecule has 94 valence electrons. The molecule has 18 heavy (non-hydrogen) atoms. The largest absolute Gasteiger partial charge is 0.493 e. The summed E-state index contributed by atoms with van der Waals surface area (Å²) in [5.74, 6) is 0.621. The number of aryl methyl sites for hydroxylation is 1. The molecule has 2 aromatic heterocycles. The molecule has 0 saturated heterocycles. The zero-order valence-electron chi connectivity index (χ0n) is 10.0. The third-order valence-electron chi connectivity index (χ3n) is 2.45. The standard InChI is InChI=1S/C12H14N4OS/c1-8-11(18-7-16-8)3-5-17-9-2-4-15-10(6-9)12(13)14/h2,4,6-7H,3,5H2,1H3,(H3,13,14). The number of nitrogens with one attached hydrogen (secondary N) is 1. The van der Waals surface area contributed by atoms with Crippen LogP contribution in [0.1, 0.15) is 16.3 Å². The van der Waals surface area contributed by atoms with E-state index in [4.69, 9.17) is 15.9 Å². The van der Waals surface area contributed by atoms with Crippen LogP contribution in [0.15, 0.2) is 23.8 Å². The topological polar surface area (TPSA) is 84.9 Å². The van der Waals surface area contributed by atoms with Gasteiger partial charge in [0.05, 0.1) is 17.8 Å². The SMILES string of the molecule is Cc1ncsc1CCOc1ccnc(C(=N)N)c1. The lowest BCUT2D eigenvalue weighted by atomic mass is 10.3. The Morgan fingerprint density at radius 2 is 2.33 bits per heavy atom. The van der Waals surface area contributed by atoms with Crippen LogP contribution in [0, 0.1) is 12.3 Å². The number of nitrogens with two attached hydrogens (primary N) is 1. The molecule has 0 saturated carbocycles. The molecule has 3 N–H and O–H groups in total. The second-order valence-corrected chi connectivity index (χ2v) is 4.69. The Hall–Kier alpha value is -1.95. The van der Waals surface area contributed by atoms with E-state index in [0.717, 1.165) is 12.1 Å². The van der Waals surface area contributed by atoms with Gasteiger partial charge in [0.15, 0.2) is 0 Å². The van der Waals surface area contributed by atoms with Crippen molar-refractivity contribution in [2.45, 2.75) is 13.3 Å². The Labute approximate surface area is 109 Å². The van der Waals surface area contributed by atoms with Crippen LogP contribution in [0.3, 0.4) is 0 Å². The monoisotopic (exact) mass is 262 g/mol. The first-order chi connectivity index (χ1) is 8.66. The molecule has 0 aliphatic heterocycles. The summed E-state index contributed by atoms with van der Waals surface area (Å²) >= 11 is 1.64. The van der Waals surface area contributed by atoms with Crippen LogP contribution >= 0.6 is 11.3 Å². The van der Waals surface area contributed by atoms with Gasteiger partial charge in [0.1, 0.15) is 17.3 Å². The van der Waals surface area contributed by atoms with E-state index < -0.39 is 0 Å². The van der Waals surface area contributed by atoms with Gasteiger partial charge in [-0.05, 0) is 13.0 Å². The molecule has 0 aromatic carbocycles. The first-order valence-electron chi connectivity index (χ1n) is 5.49. The summed E-state index contributed by atoms with van der Waals surface area (Å²) in [7, 11) is 0. The number of rotatable bonds is 5. The summed E-state index contributed by atoms with van der Waals surface area (Å²) in [6.07, 6.45) is 2.41. The van der Waals surface area contributed by atoms with Crippen molar-refractivity contribution in [3.63, 3.8) is 0 Å². The minimum Gasteiger partial charge on any atom is -0.493 e. The second-order valence-electron chi connectivity index (χ2n) is 3.75. The van der Waals surface area contributed by atoms with E-state index in [1.54, 1.807) is 29.7 Å². The van der Waals surface area contributed by atoms with E-state index in [0.29, 0.717) is 18.1 Å². The number of nitrogen functional groups attached to an aromatic ring is 1. The summed E-state index contributed by atoms with van der Waals surface area (Å²) in [6, 6.07) is 3.42. The quantitative estimate of drug-likeness (QED) is 0.635. The first-order valence-corrected chi connectivity index (χ1v) is 6.37. The fourth-order valence-corrected chi connectivity index (χ4v) is 2.24. The lowest BCUT2D eigenvalue weighted by molar-refractivity contribution is 0.322. The normalized spacial score (nSPS) is 10.3. The molecule has 5 nitrogen and oxygen atoms in total. The molecule has 0 amide bonds. The third kappa shape index (κ3) is 3.04. The Morgan fingerprint density at radius 3 is 3.00 bits per heavy atom. The Kier molecular flexibility index (Phi) is 3.88. The number of amidine groups is 1. The van der Waals surface area contributed by atoms with E-state index >= 15 is 0 Å². The van der Waals surface area contributed by atoms with E-state index in [1.807, 2.05) is 12.4 Å². The zero-order valence-corrected chi connectivity index (χ0v) is 10.8. The summed E-state index contributed by atoms with van der Waals surface area (Å²) in [5, 5.41) is 7.30. The number of thiazole rings is 1. The number of aromatic nitrogens is 2. The van der Waals surface area contributed by atoms with Gasteiger partial charge in [-0.1, -0.05) is 0 Å². The summed E-state index contributed by atoms with van der Waals surface area (Å²) in [6.45, 7) is 2.57. The Morgan fingerprint density at radius 1 is 1.50 bits per heavy atom. The van der Waals surface area contributed by atoms with Gasteiger partial charge in [0, 0.05) is 23.6 Å². The van der Waals surface area contributed by atoms with Crippen molar-refractivity contribution in [3.8, 4) is 5.75 Å². The molecule has 0 aliphatic rings. The van der Waals surface area contributed by atoms with E-state index in [9.17, 15) is 0 Å². The minimum absolute atomic E-state index is 0.0567. The minimum atomic E-state index is -0.0567. The van der Waals surface area contributed by atoms with Crippen LogP contribution in [0.25, 0.3) is 0 Å². The predicted molar refractivity (Wildman–Crippen MR) is 71.3 cm³/mol. The fraction of sp³-hybridized carbons (Fsp3) is 0.250. The molecule has 2 aromatic rings. The molecule has 2 heterocycles. The van der Waals surface area contributed by atoms with Crippen LogP contribution < -0.4 is 10.5 Å². The first kappa shape index (κ1) is 12.5. The third-order valence-corrected chi connectivity index (χ3v) is 3.44. The summed E-state index contributed by atoms with van der Waals surface area (Å²) in [5.41, 5.74) is 8.70. The van der Waals surface area contributed by atoms with Crippen molar-refractivity contribution in [2.24, 2.45) is 5.73 Å². The van der Waals surface area contributed by atoms with Crippen LogP contribution in [0.4, 0.5) is 0 Å². The molecule has 0 bridgehead atoms. The number of ether oxygens (including phenoxy) is 1. The summed E-state index contributed by atoms with van der Waals surface area (Å²) in [4.78, 5) is 9.39. The van der Waals surface area contributed by atoms with Gasteiger partial charge in [-0.15, -0.1) is 11.3 Å². The van der Waals surface area contributed by atoms with E-state index in [-0.39, 0.29) is 5.84 Å². The number of hydrogen-bond acceptors (Lipinski definition) is 5. The van der Waals surface area contributed by atoms with Crippen molar-refractivity contribution in [3.05, 3.63) is 40.1 Å². The highest BCUT2D eigenvalue weighted by Gasteiger charge is 2.03. The van der Waals surface area contributed by atoms with Crippen molar-refractivity contribution >= 4 is 17.2 Å². The highest BCUT2D eigenvalue weighted by Crippen LogP contribution is 2.15. The summed E-state index contributed by atoms with van der Waals surface area (Å²) < 4.78 is 5.61. The number of pyridine rings is 1. The van der Waals surface area contributed by atoms with Crippen molar-refractivity contribution in [2.75, 3.05) is 6.61 Å². The van der Waals surface area contributed by atoms with Crippen LogP contribution in [-0.4, -0.2) is 22.4 Å². The molecule has 0 fully saturated rings. The van der Waals surface area contributed by atoms with Gasteiger partial charge in [-0.3, -0.25) is 10.4 Å². The van der Waals surface area contributed by atoms with Crippen molar-refractivity contribution in [1.29, 1.82) is 5.41 Å². The highest BCUT2D eigenvalue weighted by atomic mass is 32.1. The average molecular weight is 262 g/mol. The zero-order chi connectivity index (χ0) is 13.0. The lowest BCUT2D eigenvalue weighted by Gasteiger charge is -2.06. The van der Waals surface area contributed by atoms with Gasteiger partial charge in [0.25, 0.3) is 0 Å². The van der Waals surface area contributed by atoms with Crippen LogP contribution in [0.5, 0.6) is 5.75 Å². The molecule has 2 rings (SSSR count). The van der Waals surface area contributed by atoms with E-state index in [1.165, 1.54) is 4.88 Å². The maximum atomic E-state index is 7.30. The van der Waals surface area contributed by atoms with Crippen LogP contribution in [0.2, 0.25) is 0 Å². The average Bonchev–Trinajstić information content (AvgIpc) is 2.76. The van der Waals surface area contributed by atoms with E-state index in [2.05, 4.69) is 9.97 Å². The molecular formula is C12H14N4OS. The molecule has 0 unspecified atom stereocenters. The van der Waals surface area contributed by atoms with Gasteiger partial charge in [0.2, 0.25) is 0 Å². The van der Waals surface area contributed by atoms with Gasteiger partial charge < -0.3 is 10.5 Å². The maximum absolute atomic E-state index is 7.30. The molecular weight excluding hydrogens is 248 g/mol. The Bertz CT molecular complexity index is 553. The van der Waals surface area contributed by atoms with Gasteiger partial charge in [-0.25, -0.2) is 4.98 Å². The van der Waals surface area contributed by atoms with Gasteiger partial charge >= 0.3 is 0 Å². The molecule has 0 atom stereocenters. The van der Waals surface area contributed by atoms with Crippen LogP contribution in [-0.2, 0) is 6.42 Å². The predicted octanol–water partition coefficient (Wildman–Crippen LogP) is 1.75. The molecule has 6 heteroatoms. The Balaban J connectivity index is 1.92. The maximum Gasteiger partial charge on any atom is 0.141 e. The molecule has 0 aliphatic carbocycles.